The second kappa shape index (κ2) is 20.2. The first kappa shape index (κ1) is 27.9. The van der Waals surface area contributed by atoms with Crippen molar-refractivity contribution >= 4 is 11.9 Å². The first-order valence-corrected chi connectivity index (χ1v) is 11.8. The van der Waals surface area contributed by atoms with E-state index >= 15 is 0 Å². The van der Waals surface area contributed by atoms with Crippen LogP contribution in [0.15, 0.2) is 0 Å². The van der Waals surface area contributed by atoms with Crippen molar-refractivity contribution in [3.05, 3.63) is 0 Å². The van der Waals surface area contributed by atoms with Crippen LogP contribution in [0.25, 0.3) is 0 Å². The molecule has 0 heterocycles. The Hall–Kier alpha value is -1.10. The van der Waals surface area contributed by atoms with Crippen LogP contribution in [0.1, 0.15) is 111 Å². The Labute approximate surface area is 179 Å². The van der Waals surface area contributed by atoms with Crippen LogP contribution in [-0.4, -0.2) is 38.4 Å². The van der Waals surface area contributed by atoms with Gasteiger partial charge in [0.2, 0.25) is 0 Å². The van der Waals surface area contributed by atoms with Gasteiger partial charge >= 0.3 is 11.9 Å². The normalized spacial score (nSPS) is 13.1. The summed E-state index contributed by atoms with van der Waals surface area (Å²) in [7, 11) is 1.68. The van der Waals surface area contributed by atoms with Gasteiger partial charge in [0.1, 0.15) is 6.10 Å². The molecule has 0 bridgehead atoms. The molecule has 0 amide bonds. The second-order valence-electron chi connectivity index (χ2n) is 8.21. The van der Waals surface area contributed by atoms with E-state index < -0.39 is 0 Å². The monoisotopic (exact) mass is 414 g/mol. The van der Waals surface area contributed by atoms with Crippen LogP contribution >= 0.6 is 0 Å². The number of rotatable bonds is 20. The fraction of sp³-hybridized carbons (Fsp3) is 0.917. The lowest BCUT2D eigenvalue weighted by molar-refractivity contribution is -0.151. The summed E-state index contributed by atoms with van der Waals surface area (Å²) in [4.78, 5) is 23.6. The zero-order valence-corrected chi connectivity index (χ0v) is 19.5. The van der Waals surface area contributed by atoms with Crippen molar-refractivity contribution in [1.29, 1.82) is 0 Å². The highest BCUT2D eigenvalue weighted by Gasteiger charge is 2.16. The number of hydrogen-bond donors (Lipinski definition) is 0. The quantitative estimate of drug-likeness (QED) is 0.175. The van der Waals surface area contributed by atoms with E-state index in [1.807, 2.05) is 6.92 Å². The minimum Gasteiger partial charge on any atom is -0.466 e. The van der Waals surface area contributed by atoms with E-state index in [4.69, 9.17) is 14.2 Å². The summed E-state index contributed by atoms with van der Waals surface area (Å²) in [6, 6.07) is 0. The Kier molecular flexibility index (Phi) is 19.4. The molecule has 2 atom stereocenters. The predicted octanol–water partition coefficient (Wildman–Crippen LogP) is 6.23. The number of esters is 2. The molecule has 172 valence electrons. The van der Waals surface area contributed by atoms with Crippen molar-refractivity contribution in [1.82, 2.24) is 0 Å². The highest BCUT2D eigenvalue weighted by atomic mass is 16.5. The molecule has 0 rings (SSSR count). The largest absolute Gasteiger partial charge is 0.466 e. The van der Waals surface area contributed by atoms with Gasteiger partial charge in [0.25, 0.3) is 0 Å². The van der Waals surface area contributed by atoms with E-state index in [2.05, 4.69) is 13.8 Å². The number of ether oxygens (including phenoxy) is 3. The third kappa shape index (κ3) is 18.7. The minimum atomic E-state index is -0.154. The van der Waals surface area contributed by atoms with Crippen LogP contribution < -0.4 is 0 Å². The molecule has 0 aromatic carbocycles. The topological polar surface area (TPSA) is 61.8 Å². The molecule has 0 saturated heterocycles. The number of hydrogen-bond acceptors (Lipinski definition) is 5. The molecule has 0 radical (unpaired) electrons. The van der Waals surface area contributed by atoms with Crippen molar-refractivity contribution in [3.63, 3.8) is 0 Å². The fourth-order valence-electron chi connectivity index (χ4n) is 3.13. The fourth-order valence-corrected chi connectivity index (χ4v) is 3.13. The van der Waals surface area contributed by atoms with Gasteiger partial charge in [-0.25, -0.2) is 0 Å². The lowest BCUT2D eigenvalue weighted by atomic mass is 10.0. The molecular weight excluding hydrogens is 368 g/mol. The van der Waals surface area contributed by atoms with E-state index in [9.17, 15) is 9.59 Å². The Balaban J connectivity index is 3.49. The van der Waals surface area contributed by atoms with Gasteiger partial charge in [-0.3, -0.25) is 9.59 Å². The smallest absolute Gasteiger partial charge is 0.306 e. The molecule has 2 unspecified atom stereocenters. The van der Waals surface area contributed by atoms with E-state index in [1.54, 1.807) is 7.11 Å². The van der Waals surface area contributed by atoms with E-state index in [1.165, 1.54) is 38.5 Å². The maximum absolute atomic E-state index is 11.9. The van der Waals surface area contributed by atoms with E-state index in [-0.39, 0.29) is 24.0 Å². The van der Waals surface area contributed by atoms with Gasteiger partial charge in [0, 0.05) is 26.6 Å². The van der Waals surface area contributed by atoms with Gasteiger partial charge in [0.15, 0.2) is 0 Å². The minimum absolute atomic E-state index is 0.0935. The molecule has 0 aromatic heterocycles. The van der Waals surface area contributed by atoms with Crippen LogP contribution in [-0.2, 0) is 23.8 Å². The standard InChI is InChI=1S/C24H46O5/c1-5-6-7-8-9-10-11-15-19-28-23(25)16-13-12-14-17-24(26)29-22(3)21(2)18-20-27-4/h21-22H,5-20H2,1-4H3. The number of methoxy groups -OCH3 is 1. The molecule has 0 spiro atoms. The van der Waals surface area contributed by atoms with Gasteiger partial charge in [-0.05, 0) is 38.5 Å². The van der Waals surface area contributed by atoms with Gasteiger partial charge in [-0.2, -0.15) is 0 Å². The first-order valence-electron chi connectivity index (χ1n) is 11.8. The van der Waals surface area contributed by atoms with E-state index in [0.717, 1.165) is 38.5 Å². The first-order chi connectivity index (χ1) is 14.0. The molecule has 0 N–H and O–H groups in total. The summed E-state index contributed by atoms with van der Waals surface area (Å²) >= 11 is 0. The number of carbonyl (C=O) groups excluding carboxylic acids is 2. The average molecular weight is 415 g/mol. The molecule has 0 aromatic rings. The van der Waals surface area contributed by atoms with Gasteiger partial charge in [0.05, 0.1) is 6.61 Å². The molecule has 5 nitrogen and oxygen atoms in total. The van der Waals surface area contributed by atoms with Crippen LogP contribution in [0.2, 0.25) is 0 Å². The van der Waals surface area contributed by atoms with Gasteiger partial charge in [-0.1, -0.05) is 65.2 Å². The summed E-state index contributed by atoms with van der Waals surface area (Å²) in [5, 5.41) is 0. The van der Waals surface area contributed by atoms with Gasteiger partial charge < -0.3 is 14.2 Å². The number of unbranched alkanes of at least 4 members (excludes halogenated alkanes) is 9. The Morgan fingerprint density at radius 2 is 1.28 bits per heavy atom. The van der Waals surface area contributed by atoms with E-state index in [0.29, 0.717) is 26.1 Å². The van der Waals surface area contributed by atoms with Crippen LogP contribution in [0.5, 0.6) is 0 Å². The van der Waals surface area contributed by atoms with Crippen LogP contribution in [0.4, 0.5) is 0 Å². The molecule has 0 aliphatic heterocycles. The number of carbonyl (C=O) groups is 2. The molecule has 0 saturated carbocycles. The highest BCUT2D eigenvalue weighted by Crippen LogP contribution is 2.14. The summed E-state index contributed by atoms with van der Waals surface area (Å²) in [5.74, 6) is 0.0184. The zero-order chi connectivity index (χ0) is 21.7. The Morgan fingerprint density at radius 1 is 0.724 bits per heavy atom. The molecule has 0 fully saturated rings. The molecular formula is C24H46O5. The summed E-state index contributed by atoms with van der Waals surface area (Å²) in [5.41, 5.74) is 0. The average Bonchev–Trinajstić information content (AvgIpc) is 2.70. The van der Waals surface area contributed by atoms with Crippen molar-refractivity contribution in [2.45, 2.75) is 117 Å². The Bertz CT molecular complexity index is 397. The van der Waals surface area contributed by atoms with Crippen molar-refractivity contribution in [2.24, 2.45) is 5.92 Å². The van der Waals surface area contributed by atoms with Crippen molar-refractivity contribution < 1.29 is 23.8 Å². The third-order valence-corrected chi connectivity index (χ3v) is 5.42. The molecule has 29 heavy (non-hydrogen) atoms. The highest BCUT2D eigenvalue weighted by molar-refractivity contribution is 5.70. The summed E-state index contributed by atoms with van der Waals surface area (Å²) in [6.07, 6.45) is 13.9. The van der Waals surface area contributed by atoms with Crippen LogP contribution in [0, 0.1) is 5.92 Å². The lowest BCUT2D eigenvalue weighted by Crippen LogP contribution is -2.23. The predicted molar refractivity (Wildman–Crippen MR) is 118 cm³/mol. The van der Waals surface area contributed by atoms with Crippen molar-refractivity contribution in [3.8, 4) is 0 Å². The summed E-state index contributed by atoms with van der Waals surface area (Å²) < 4.78 is 15.8. The molecule has 0 aliphatic carbocycles. The maximum atomic E-state index is 11.9. The van der Waals surface area contributed by atoms with Crippen LogP contribution in [0.3, 0.4) is 0 Å². The Morgan fingerprint density at radius 3 is 1.90 bits per heavy atom. The SMILES string of the molecule is CCCCCCCCCCOC(=O)CCCCCC(=O)OC(C)C(C)CCOC. The zero-order valence-electron chi connectivity index (χ0n) is 19.5. The second-order valence-corrected chi connectivity index (χ2v) is 8.21. The summed E-state index contributed by atoms with van der Waals surface area (Å²) in [6.45, 7) is 7.45. The molecule has 5 heteroatoms. The lowest BCUT2D eigenvalue weighted by Gasteiger charge is -2.20. The van der Waals surface area contributed by atoms with Crippen molar-refractivity contribution in [2.75, 3.05) is 20.3 Å². The van der Waals surface area contributed by atoms with Gasteiger partial charge in [-0.15, -0.1) is 0 Å². The third-order valence-electron chi connectivity index (χ3n) is 5.42. The molecule has 0 aliphatic rings. The maximum Gasteiger partial charge on any atom is 0.306 e.